The molecule has 1 saturated heterocycles. The number of benzene rings is 2. The van der Waals surface area contributed by atoms with Crippen molar-refractivity contribution in [2.45, 2.75) is 32.8 Å². The average Bonchev–Trinajstić information content (AvgIpc) is 3.39. The highest BCUT2D eigenvalue weighted by Gasteiger charge is 2.30. The molecule has 1 aliphatic heterocycles. The summed E-state index contributed by atoms with van der Waals surface area (Å²) in [4.78, 5) is 53.8. The molecule has 0 radical (unpaired) electrons. The summed E-state index contributed by atoms with van der Waals surface area (Å²) in [6.45, 7) is 1.89. The number of nitrogens with one attached hydrogen (secondary N) is 1. The van der Waals surface area contributed by atoms with Crippen molar-refractivity contribution in [1.82, 2.24) is 4.98 Å². The van der Waals surface area contributed by atoms with E-state index in [0.29, 0.717) is 22.0 Å². The number of esters is 1. The number of carbonyl (C=O) groups is 4. The second-order valence-electron chi connectivity index (χ2n) is 7.52. The first-order valence-corrected chi connectivity index (χ1v) is 11.2. The number of nitrogens with zero attached hydrogens (tertiary/aromatic N) is 2. The van der Waals surface area contributed by atoms with Gasteiger partial charge in [0, 0.05) is 23.9 Å². The molecule has 33 heavy (non-hydrogen) atoms. The Morgan fingerprint density at radius 2 is 1.76 bits per heavy atom. The van der Waals surface area contributed by atoms with Crippen LogP contribution in [0.3, 0.4) is 0 Å². The van der Waals surface area contributed by atoms with Gasteiger partial charge in [-0.1, -0.05) is 18.2 Å². The van der Waals surface area contributed by atoms with Gasteiger partial charge in [-0.05, 0) is 42.8 Å². The van der Waals surface area contributed by atoms with Crippen molar-refractivity contribution in [3.63, 3.8) is 0 Å². The molecule has 8 nitrogen and oxygen atoms in total. The maximum Gasteiger partial charge on any atom is 0.338 e. The van der Waals surface area contributed by atoms with Crippen LogP contribution < -0.4 is 10.2 Å². The molecule has 0 saturated carbocycles. The van der Waals surface area contributed by atoms with Crippen LogP contribution in [0.1, 0.15) is 39.5 Å². The lowest BCUT2D eigenvalue weighted by atomic mass is 10.2. The summed E-state index contributed by atoms with van der Waals surface area (Å²) in [5.41, 5.74) is 3.02. The first-order chi connectivity index (χ1) is 15.9. The molecular weight excluding hydrogens is 442 g/mol. The van der Waals surface area contributed by atoms with Gasteiger partial charge in [0.2, 0.25) is 17.7 Å². The molecule has 0 atom stereocenters. The van der Waals surface area contributed by atoms with E-state index in [9.17, 15) is 19.2 Å². The van der Waals surface area contributed by atoms with Gasteiger partial charge < -0.3 is 10.1 Å². The smallest absolute Gasteiger partial charge is 0.338 e. The van der Waals surface area contributed by atoms with E-state index in [2.05, 4.69) is 10.3 Å². The summed E-state index contributed by atoms with van der Waals surface area (Å²) in [5.74, 6) is -1.21. The summed E-state index contributed by atoms with van der Waals surface area (Å²) in [5, 5.41) is 5.24. The highest BCUT2D eigenvalue weighted by Crippen LogP contribution is 2.23. The third-order valence-corrected chi connectivity index (χ3v) is 5.99. The molecule has 0 aliphatic carbocycles. The number of anilines is 2. The normalized spacial score (nSPS) is 13.3. The van der Waals surface area contributed by atoms with E-state index in [0.717, 1.165) is 16.2 Å². The fraction of sp³-hybridized carbons (Fsp3) is 0.208. The predicted octanol–water partition coefficient (Wildman–Crippen LogP) is 3.64. The molecule has 0 unspecified atom stereocenters. The Kier molecular flexibility index (Phi) is 6.60. The van der Waals surface area contributed by atoms with Crippen molar-refractivity contribution in [2.24, 2.45) is 0 Å². The van der Waals surface area contributed by atoms with E-state index in [1.54, 1.807) is 17.5 Å². The molecule has 9 heteroatoms. The fourth-order valence-corrected chi connectivity index (χ4v) is 4.15. The van der Waals surface area contributed by atoms with Crippen LogP contribution in [0.2, 0.25) is 0 Å². The van der Waals surface area contributed by atoms with E-state index in [-0.39, 0.29) is 43.6 Å². The number of hydrogen-bond donors (Lipinski definition) is 1. The quantitative estimate of drug-likeness (QED) is 0.424. The number of amides is 3. The van der Waals surface area contributed by atoms with Crippen molar-refractivity contribution >= 4 is 46.4 Å². The molecule has 1 aliphatic rings. The summed E-state index contributed by atoms with van der Waals surface area (Å²) in [7, 11) is 0. The number of thiazole rings is 1. The van der Waals surface area contributed by atoms with E-state index in [4.69, 9.17) is 4.74 Å². The van der Waals surface area contributed by atoms with E-state index < -0.39 is 5.97 Å². The van der Waals surface area contributed by atoms with Crippen LogP contribution in [0.15, 0.2) is 53.9 Å². The van der Waals surface area contributed by atoms with Gasteiger partial charge in [0.05, 0.1) is 23.4 Å². The first-order valence-electron chi connectivity index (χ1n) is 10.3. The SMILES string of the molecule is Cc1ccccc1NC(=O)Cc1nc(COC(=O)c2ccc(N3C(=O)CCC3=O)cc2)cs1. The van der Waals surface area contributed by atoms with Crippen LogP contribution in [0.4, 0.5) is 11.4 Å². The van der Waals surface area contributed by atoms with E-state index in [1.165, 1.54) is 23.5 Å². The molecule has 1 aromatic heterocycles. The van der Waals surface area contributed by atoms with Crippen LogP contribution in [0.25, 0.3) is 0 Å². The lowest BCUT2D eigenvalue weighted by Gasteiger charge is -2.13. The van der Waals surface area contributed by atoms with E-state index >= 15 is 0 Å². The van der Waals surface area contributed by atoms with Crippen LogP contribution in [0.5, 0.6) is 0 Å². The average molecular weight is 464 g/mol. The van der Waals surface area contributed by atoms with Gasteiger partial charge in [-0.3, -0.25) is 19.3 Å². The number of para-hydroxylation sites is 1. The Morgan fingerprint density at radius 1 is 1.06 bits per heavy atom. The largest absolute Gasteiger partial charge is 0.456 e. The van der Waals surface area contributed by atoms with Crippen molar-refractivity contribution in [3.05, 3.63) is 75.7 Å². The lowest BCUT2D eigenvalue weighted by Crippen LogP contribution is -2.28. The molecule has 0 bridgehead atoms. The molecular formula is C24H21N3O5S. The van der Waals surface area contributed by atoms with Gasteiger partial charge in [0.1, 0.15) is 11.6 Å². The van der Waals surface area contributed by atoms with Crippen LogP contribution in [0, 0.1) is 6.92 Å². The summed E-state index contributed by atoms with van der Waals surface area (Å²) in [6.07, 6.45) is 0.528. The third-order valence-electron chi connectivity index (χ3n) is 5.09. The van der Waals surface area contributed by atoms with E-state index in [1.807, 2.05) is 31.2 Å². The topological polar surface area (TPSA) is 106 Å². The monoisotopic (exact) mass is 463 g/mol. The zero-order valence-electron chi connectivity index (χ0n) is 17.9. The molecule has 4 rings (SSSR count). The van der Waals surface area contributed by atoms with Gasteiger partial charge in [-0.15, -0.1) is 11.3 Å². The number of rotatable bonds is 7. The third kappa shape index (κ3) is 5.32. The van der Waals surface area contributed by atoms with Crippen molar-refractivity contribution < 1.29 is 23.9 Å². The standard InChI is InChI=1S/C24H21N3O5S/c1-15-4-2-3-5-19(15)26-20(28)12-21-25-17(14-33-21)13-32-24(31)16-6-8-18(9-7-16)27-22(29)10-11-23(27)30/h2-9,14H,10-13H2,1H3,(H,26,28). The van der Waals surface area contributed by atoms with Gasteiger partial charge in [-0.2, -0.15) is 0 Å². The Bertz CT molecular complexity index is 1200. The van der Waals surface area contributed by atoms with Crippen LogP contribution in [-0.4, -0.2) is 28.7 Å². The zero-order valence-corrected chi connectivity index (χ0v) is 18.7. The zero-order chi connectivity index (χ0) is 23.4. The molecule has 2 aromatic carbocycles. The summed E-state index contributed by atoms with van der Waals surface area (Å²) < 4.78 is 5.31. The Balaban J connectivity index is 1.29. The van der Waals surface area contributed by atoms with Crippen LogP contribution in [-0.2, 0) is 32.1 Å². The second-order valence-corrected chi connectivity index (χ2v) is 8.46. The maximum atomic E-state index is 12.3. The molecule has 1 fully saturated rings. The molecule has 0 spiro atoms. The Labute approximate surface area is 194 Å². The number of aryl methyl sites for hydroxylation is 1. The predicted molar refractivity (Wildman–Crippen MR) is 123 cm³/mol. The van der Waals surface area contributed by atoms with Crippen LogP contribution >= 0.6 is 11.3 Å². The maximum absolute atomic E-state index is 12.3. The minimum Gasteiger partial charge on any atom is -0.456 e. The molecule has 3 aromatic rings. The van der Waals surface area contributed by atoms with Crippen molar-refractivity contribution in [3.8, 4) is 0 Å². The minimum absolute atomic E-state index is 0.0282. The molecule has 1 N–H and O–H groups in total. The van der Waals surface area contributed by atoms with Gasteiger partial charge in [-0.25, -0.2) is 9.78 Å². The van der Waals surface area contributed by atoms with Gasteiger partial charge in [0.25, 0.3) is 0 Å². The summed E-state index contributed by atoms with van der Waals surface area (Å²) in [6, 6.07) is 13.6. The Morgan fingerprint density at radius 3 is 2.45 bits per heavy atom. The van der Waals surface area contributed by atoms with Crippen molar-refractivity contribution in [1.29, 1.82) is 0 Å². The number of carbonyl (C=O) groups excluding carboxylic acids is 4. The molecule has 3 amide bonds. The highest BCUT2D eigenvalue weighted by molar-refractivity contribution is 7.09. The fourth-order valence-electron chi connectivity index (χ4n) is 3.38. The second kappa shape index (κ2) is 9.74. The minimum atomic E-state index is -0.549. The van der Waals surface area contributed by atoms with Gasteiger partial charge >= 0.3 is 5.97 Å². The number of imide groups is 1. The van der Waals surface area contributed by atoms with Crippen molar-refractivity contribution in [2.75, 3.05) is 10.2 Å². The molecule has 2 heterocycles. The number of hydrogen-bond acceptors (Lipinski definition) is 7. The Hall–Kier alpha value is -3.85. The number of ether oxygens (including phenoxy) is 1. The molecule has 168 valence electrons. The lowest BCUT2D eigenvalue weighted by molar-refractivity contribution is -0.121. The highest BCUT2D eigenvalue weighted by atomic mass is 32.1. The summed E-state index contributed by atoms with van der Waals surface area (Å²) >= 11 is 1.32. The van der Waals surface area contributed by atoms with Gasteiger partial charge in [0.15, 0.2) is 0 Å². The first kappa shape index (κ1) is 22.3. The number of aromatic nitrogens is 1.